The molecular weight excluding hydrogens is 511 g/mol. The summed E-state index contributed by atoms with van der Waals surface area (Å²) in [5.74, 6) is -1.89. The first-order chi connectivity index (χ1) is 16.9. The van der Waals surface area contributed by atoms with Crippen molar-refractivity contribution < 1.29 is 22.2 Å². The summed E-state index contributed by atoms with van der Waals surface area (Å²) in [6, 6.07) is 6.18. The minimum Gasteiger partial charge on any atom is -0.443 e. The molecule has 0 fully saturated rings. The summed E-state index contributed by atoms with van der Waals surface area (Å²) in [6.07, 6.45) is 2.68. The first kappa shape index (κ1) is 29.2. The molecule has 2 heterocycles. The second-order valence-electron chi connectivity index (χ2n) is 8.65. The highest BCUT2D eigenvalue weighted by molar-refractivity contribution is 8.15. The van der Waals surface area contributed by atoms with Crippen molar-refractivity contribution in [2.45, 2.75) is 51.4 Å². The topological polar surface area (TPSA) is 91.5 Å². The quantitative estimate of drug-likeness (QED) is 0.171. The molecule has 192 valence electrons. The third-order valence-corrected chi connectivity index (χ3v) is 6.73. The number of rotatable bonds is 6. The molecule has 7 nitrogen and oxygen atoms in total. The lowest BCUT2D eigenvalue weighted by Crippen LogP contribution is -2.35. The molecule has 0 aliphatic rings. The van der Waals surface area contributed by atoms with Crippen LogP contribution in [0.15, 0.2) is 35.6 Å². The molecule has 0 aliphatic heterocycles. The van der Waals surface area contributed by atoms with Gasteiger partial charge in [0.05, 0.1) is 11.3 Å². The van der Waals surface area contributed by atoms with Crippen LogP contribution in [0.3, 0.4) is 0 Å². The van der Waals surface area contributed by atoms with E-state index in [1.807, 2.05) is 6.07 Å². The standard InChI is InChI=1S/C24H26F3N5O2S2/c1-14(15(2)35-22(29-6)32(36-27)23(33)34-24(3,4)5)18-9-17(13-31-21(18)26)10-19(25)20-8-7-16(11-28)12-30-20/h7-10,12-15H,1-6H3/b19-10-,29-22?/t14-,15?/m1/s1. The van der Waals surface area contributed by atoms with Gasteiger partial charge in [0.25, 0.3) is 0 Å². The van der Waals surface area contributed by atoms with Gasteiger partial charge in [-0.15, -0.1) is 3.89 Å². The van der Waals surface area contributed by atoms with Crippen molar-refractivity contribution in [3.63, 3.8) is 0 Å². The highest BCUT2D eigenvalue weighted by Crippen LogP contribution is 2.34. The van der Waals surface area contributed by atoms with Gasteiger partial charge in [0.2, 0.25) is 5.95 Å². The zero-order chi connectivity index (χ0) is 27.0. The van der Waals surface area contributed by atoms with Gasteiger partial charge in [-0.3, -0.25) is 9.98 Å². The first-order valence-corrected chi connectivity index (χ1v) is 12.3. The summed E-state index contributed by atoms with van der Waals surface area (Å²) < 4.78 is 48.8. The molecule has 1 amide bonds. The molecule has 1 unspecified atom stereocenters. The molecule has 12 heteroatoms. The monoisotopic (exact) mass is 537 g/mol. The van der Waals surface area contributed by atoms with Gasteiger partial charge >= 0.3 is 6.09 Å². The summed E-state index contributed by atoms with van der Waals surface area (Å²) in [7, 11) is 1.40. The zero-order valence-electron chi connectivity index (χ0n) is 20.6. The molecule has 2 atom stereocenters. The Morgan fingerprint density at radius 1 is 1.28 bits per heavy atom. The van der Waals surface area contributed by atoms with Crippen molar-refractivity contribution in [3.05, 3.63) is 58.9 Å². The van der Waals surface area contributed by atoms with Gasteiger partial charge in [-0.05, 0) is 56.5 Å². The molecular formula is C24H26F3N5O2S2. The summed E-state index contributed by atoms with van der Waals surface area (Å²) in [5, 5.41) is 8.50. The molecule has 0 radical (unpaired) electrons. The second kappa shape index (κ2) is 12.8. The van der Waals surface area contributed by atoms with Crippen LogP contribution in [0, 0.1) is 17.3 Å². The minimum atomic E-state index is -0.921. The van der Waals surface area contributed by atoms with E-state index in [1.54, 1.807) is 34.6 Å². The number of nitrogens with zero attached hydrogens (tertiary/aromatic N) is 5. The van der Waals surface area contributed by atoms with Crippen LogP contribution in [-0.4, -0.2) is 43.4 Å². The number of carbonyl (C=O) groups is 1. The Kier molecular flexibility index (Phi) is 10.4. The zero-order valence-corrected chi connectivity index (χ0v) is 22.3. The molecule has 0 saturated carbocycles. The van der Waals surface area contributed by atoms with Crippen LogP contribution in [0.25, 0.3) is 11.9 Å². The van der Waals surface area contributed by atoms with Crippen LogP contribution in [0.4, 0.5) is 17.5 Å². The Bertz CT molecular complexity index is 1180. The van der Waals surface area contributed by atoms with Crippen molar-refractivity contribution in [2.75, 3.05) is 7.05 Å². The smallest absolute Gasteiger partial charge is 0.428 e. The first-order valence-electron chi connectivity index (χ1n) is 10.7. The SMILES string of the molecule is CN=C(SC(C)[C@@H](C)c1cc(/C=C(\F)c2ccc(C#N)cn2)cnc1F)N(SF)C(=O)OC(C)(C)C. The van der Waals surface area contributed by atoms with Crippen LogP contribution in [0.5, 0.6) is 0 Å². The fourth-order valence-corrected chi connectivity index (χ4v) is 4.26. The number of hydrogen-bond donors (Lipinski definition) is 0. The molecule has 36 heavy (non-hydrogen) atoms. The number of amides is 1. The highest BCUT2D eigenvalue weighted by atomic mass is 32.2. The Morgan fingerprint density at radius 3 is 2.50 bits per heavy atom. The van der Waals surface area contributed by atoms with Crippen LogP contribution < -0.4 is 0 Å². The van der Waals surface area contributed by atoms with Gasteiger partial charge in [0.1, 0.15) is 17.5 Å². The lowest BCUT2D eigenvalue weighted by Gasteiger charge is -2.26. The van der Waals surface area contributed by atoms with E-state index >= 15 is 0 Å². The number of carbonyl (C=O) groups excluding carboxylic acids is 1. The van der Waals surface area contributed by atoms with E-state index in [0.29, 0.717) is 15.4 Å². The molecule has 0 saturated heterocycles. The average molecular weight is 538 g/mol. The lowest BCUT2D eigenvalue weighted by molar-refractivity contribution is 0.0474. The van der Waals surface area contributed by atoms with Crippen LogP contribution in [0.2, 0.25) is 0 Å². The molecule has 0 spiro atoms. The van der Waals surface area contributed by atoms with Crippen molar-refractivity contribution in [2.24, 2.45) is 4.99 Å². The second-order valence-corrected chi connectivity index (χ2v) is 10.5. The molecule has 2 aromatic rings. The van der Waals surface area contributed by atoms with E-state index < -0.39 is 29.4 Å². The Balaban J connectivity index is 2.24. The van der Waals surface area contributed by atoms with Crippen molar-refractivity contribution in [1.29, 1.82) is 5.26 Å². The number of aromatic nitrogens is 2. The fourth-order valence-electron chi connectivity index (χ4n) is 2.85. The predicted octanol–water partition coefficient (Wildman–Crippen LogP) is 6.94. The minimum absolute atomic E-state index is 0.0200. The van der Waals surface area contributed by atoms with Crippen LogP contribution >= 0.6 is 24.1 Å². The average Bonchev–Trinajstić information content (AvgIpc) is 2.83. The van der Waals surface area contributed by atoms with E-state index in [-0.39, 0.29) is 34.0 Å². The number of halogens is 3. The van der Waals surface area contributed by atoms with Gasteiger partial charge in [0.15, 0.2) is 17.5 Å². The Labute approximate surface area is 217 Å². The molecule has 0 aliphatic carbocycles. The van der Waals surface area contributed by atoms with Crippen molar-refractivity contribution >= 4 is 47.3 Å². The molecule has 2 aromatic heterocycles. The third kappa shape index (κ3) is 7.99. The maximum absolute atomic E-state index is 14.7. The van der Waals surface area contributed by atoms with Gasteiger partial charge < -0.3 is 4.74 Å². The van der Waals surface area contributed by atoms with Crippen molar-refractivity contribution in [1.82, 2.24) is 14.3 Å². The van der Waals surface area contributed by atoms with E-state index in [9.17, 15) is 17.5 Å². The van der Waals surface area contributed by atoms with Gasteiger partial charge in [-0.25, -0.2) is 14.2 Å². The molecule has 0 bridgehead atoms. The largest absolute Gasteiger partial charge is 0.443 e. The van der Waals surface area contributed by atoms with Gasteiger partial charge in [-0.2, -0.15) is 14.0 Å². The highest BCUT2D eigenvalue weighted by Gasteiger charge is 2.30. The molecule has 2 rings (SSSR count). The van der Waals surface area contributed by atoms with Crippen LogP contribution in [0.1, 0.15) is 62.9 Å². The summed E-state index contributed by atoms with van der Waals surface area (Å²) in [6.45, 7) is 8.47. The van der Waals surface area contributed by atoms with E-state index in [0.717, 1.165) is 17.8 Å². The summed E-state index contributed by atoms with van der Waals surface area (Å²) in [4.78, 5) is 24.0. The van der Waals surface area contributed by atoms with Crippen LogP contribution in [-0.2, 0) is 4.74 Å². The Morgan fingerprint density at radius 2 is 1.97 bits per heavy atom. The number of thioether (sulfide) groups is 1. The number of nitriles is 1. The summed E-state index contributed by atoms with van der Waals surface area (Å²) >= 11 is 0.719. The van der Waals surface area contributed by atoms with E-state index in [1.165, 1.54) is 37.6 Å². The van der Waals surface area contributed by atoms with E-state index in [4.69, 9.17) is 10.00 Å². The predicted molar refractivity (Wildman–Crippen MR) is 138 cm³/mol. The summed E-state index contributed by atoms with van der Waals surface area (Å²) in [5.41, 5.74) is -0.0102. The normalized spacial score (nSPS) is 14.1. The number of amidine groups is 1. The van der Waals surface area contributed by atoms with Crippen molar-refractivity contribution in [3.8, 4) is 6.07 Å². The van der Waals surface area contributed by atoms with E-state index in [2.05, 4.69) is 15.0 Å². The third-order valence-electron chi connectivity index (χ3n) is 4.80. The maximum Gasteiger partial charge on any atom is 0.428 e. The number of hydrogen-bond acceptors (Lipinski definition) is 8. The Hall–Kier alpha value is -3.04. The molecule has 0 aromatic carbocycles. The number of ether oxygens (including phenoxy) is 1. The van der Waals surface area contributed by atoms with Gasteiger partial charge in [-0.1, -0.05) is 25.6 Å². The maximum atomic E-state index is 14.7. The molecule has 0 N–H and O–H groups in total. The lowest BCUT2D eigenvalue weighted by atomic mass is 9.98. The number of aliphatic imine (C=N–C) groups is 1. The number of pyridine rings is 2. The fraction of sp³-hybridized carbons (Fsp3) is 0.375. The van der Waals surface area contributed by atoms with Gasteiger partial charge in [0, 0.05) is 30.3 Å².